The van der Waals surface area contributed by atoms with Crippen LogP contribution >= 0.6 is 11.8 Å². The van der Waals surface area contributed by atoms with E-state index in [9.17, 15) is 0 Å². The summed E-state index contributed by atoms with van der Waals surface area (Å²) in [6, 6.07) is 8.76. The molecule has 0 aromatic heterocycles. The van der Waals surface area contributed by atoms with Gasteiger partial charge in [0.2, 0.25) is 0 Å². The van der Waals surface area contributed by atoms with Crippen LogP contribution in [0.2, 0.25) is 0 Å². The van der Waals surface area contributed by atoms with Gasteiger partial charge < -0.3 is 4.90 Å². The Morgan fingerprint density at radius 2 is 1.88 bits per heavy atom. The van der Waals surface area contributed by atoms with Crippen LogP contribution in [-0.4, -0.2) is 30.3 Å². The molecule has 1 aromatic carbocycles. The van der Waals surface area contributed by atoms with Gasteiger partial charge in [0, 0.05) is 17.2 Å². The van der Waals surface area contributed by atoms with Crippen molar-refractivity contribution in [3.05, 3.63) is 54.1 Å². The second-order valence-corrected chi connectivity index (χ2v) is 8.16. The number of nitrogens with zero attached hydrogens (tertiary/aromatic N) is 1. The highest BCUT2D eigenvalue weighted by Crippen LogP contribution is 2.21. The summed E-state index contributed by atoms with van der Waals surface area (Å²) in [6.45, 7) is 10.6. The lowest BCUT2D eigenvalue weighted by molar-refractivity contribution is 0.171. The minimum absolute atomic E-state index is 0.637. The number of allylic oxidation sites excluding steroid dienone is 2. The number of benzene rings is 1. The molecule has 1 nitrogen and oxygen atoms in total. The predicted octanol–water partition coefficient (Wildman–Crippen LogP) is 5.96. The molecule has 2 rings (SSSR count). The molecule has 24 heavy (non-hydrogen) atoms. The normalized spacial score (nSPS) is 18.6. The minimum Gasteiger partial charge on any atom is -0.303 e. The van der Waals surface area contributed by atoms with Crippen LogP contribution in [0.4, 0.5) is 0 Å². The summed E-state index contributed by atoms with van der Waals surface area (Å²) >= 11 is 1.89. The number of thioether (sulfide) groups is 1. The van der Waals surface area contributed by atoms with E-state index in [-0.39, 0.29) is 0 Å². The van der Waals surface area contributed by atoms with Gasteiger partial charge in [0.15, 0.2) is 0 Å². The molecule has 0 spiro atoms. The van der Waals surface area contributed by atoms with Crippen molar-refractivity contribution >= 4 is 11.8 Å². The molecule has 132 valence electrons. The first-order valence-electron chi connectivity index (χ1n) is 9.42. The van der Waals surface area contributed by atoms with E-state index in [4.69, 9.17) is 0 Å². The van der Waals surface area contributed by atoms with Crippen LogP contribution in [0, 0.1) is 18.8 Å². The van der Waals surface area contributed by atoms with Crippen LogP contribution in [0.25, 0.3) is 0 Å². The van der Waals surface area contributed by atoms with E-state index >= 15 is 0 Å². The van der Waals surface area contributed by atoms with Crippen molar-refractivity contribution in [2.45, 2.75) is 44.9 Å². The van der Waals surface area contributed by atoms with Crippen molar-refractivity contribution in [3.63, 3.8) is 0 Å². The Balaban J connectivity index is 1.61. The smallest absolute Gasteiger partial charge is 0.0163 e. The van der Waals surface area contributed by atoms with Gasteiger partial charge >= 0.3 is 0 Å². The summed E-state index contributed by atoms with van der Waals surface area (Å²) in [4.78, 5) is 3.98. The third kappa shape index (κ3) is 7.27. The molecular formula is C22H33NS. The number of rotatable bonds is 8. The van der Waals surface area contributed by atoms with Crippen LogP contribution in [0.1, 0.15) is 38.7 Å². The van der Waals surface area contributed by atoms with Crippen molar-refractivity contribution in [1.29, 1.82) is 0 Å². The van der Waals surface area contributed by atoms with Gasteiger partial charge in [-0.15, -0.1) is 11.8 Å². The largest absolute Gasteiger partial charge is 0.303 e. The highest BCUT2D eigenvalue weighted by molar-refractivity contribution is 7.99. The highest BCUT2D eigenvalue weighted by Gasteiger charge is 2.18. The van der Waals surface area contributed by atoms with Crippen molar-refractivity contribution in [2.24, 2.45) is 11.8 Å². The van der Waals surface area contributed by atoms with Crippen LogP contribution < -0.4 is 0 Å². The lowest BCUT2D eigenvalue weighted by atomic mass is 9.94. The highest BCUT2D eigenvalue weighted by atomic mass is 32.2. The maximum Gasteiger partial charge on any atom is 0.0163 e. The molecule has 0 N–H and O–H groups in total. The van der Waals surface area contributed by atoms with E-state index in [1.807, 2.05) is 11.8 Å². The third-order valence-electron chi connectivity index (χ3n) is 4.88. The van der Waals surface area contributed by atoms with Gasteiger partial charge in [-0.05, 0) is 56.8 Å². The molecule has 0 bridgehead atoms. The lowest BCUT2D eigenvalue weighted by Crippen LogP contribution is -2.36. The summed E-state index contributed by atoms with van der Waals surface area (Å²) in [7, 11) is 0. The van der Waals surface area contributed by atoms with Gasteiger partial charge in [0.1, 0.15) is 0 Å². The molecule has 1 aromatic rings. The topological polar surface area (TPSA) is 3.24 Å². The Bertz CT molecular complexity index is 509. The van der Waals surface area contributed by atoms with E-state index < -0.39 is 0 Å². The zero-order valence-electron chi connectivity index (χ0n) is 15.6. The summed E-state index contributed by atoms with van der Waals surface area (Å²) < 4.78 is 0. The van der Waals surface area contributed by atoms with Gasteiger partial charge in [-0.1, -0.05) is 62.3 Å². The summed E-state index contributed by atoms with van der Waals surface area (Å²) in [6.07, 6.45) is 13.2. The van der Waals surface area contributed by atoms with Crippen LogP contribution in [-0.2, 0) is 0 Å². The minimum atomic E-state index is 0.637. The maximum atomic E-state index is 2.64. The summed E-state index contributed by atoms with van der Waals surface area (Å²) in [5.41, 5.74) is 1.32. The molecule has 0 radical (unpaired) electrons. The van der Waals surface area contributed by atoms with E-state index in [0.29, 0.717) is 5.92 Å². The second kappa shape index (κ2) is 10.8. The first kappa shape index (κ1) is 19.3. The van der Waals surface area contributed by atoms with E-state index in [1.54, 1.807) is 0 Å². The fourth-order valence-electron chi connectivity index (χ4n) is 3.21. The average Bonchev–Trinajstić information content (AvgIpc) is 2.60. The molecule has 0 aliphatic carbocycles. The molecule has 1 saturated heterocycles. The van der Waals surface area contributed by atoms with Crippen molar-refractivity contribution in [2.75, 3.05) is 25.4 Å². The Kier molecular flexibility index (Phi) is 8.69. The van der Waals surface area contributed by atoms with E-state index in [0.717, 1.165) is 11.7 Å². The quantitative estimate of drug-likeness (QED) is 0.423. The maximum absolute atomic E-state index is 2.64. The van der Waals surface area contributed by atoms with Crippen LogP contribution in [0.5, 0.6) is 0 Å². The van der Waals surface area contributed by atoms with Gasteiger partial charge in [-0.3, -0.25) is 0 Å². The second-order valence-electron chi connectivity index (χ2n) is 7.07. The zero-order valence-corrected chi connectivity index (χ0v) is 16.4. The van der Waals surface area contributed by atoms with Crippen molar-refractivity contribution in [3.8, 4) is 0 Å². The monoisotopic (exact) mass is 343 g/mol. The molecule has 0 saturated carbocycles. The summed E-state index contributed by atoms with van der Waals surface area (Å²) in [5.74, 6) is 2.64. The fraction of sp³-hybridized carbons (Fsp3) is 0.545. The Labute approximate surface area is 153 Å². The van der Waals surface area contributed by atoms with Gasteiger partial charge in [0.25, 0.3) is 0 Å². The van der Waals surface area contributed by atoms with Crippen molar-refractivity contribution < 1.29 is 0 Å². The third-order valence-corrected chi connectivity index (χ3v) is 5.85. The molecule has 1 aliphatic heterocycles. The standard InChI is InChI=1S/C22H33NS/c1-4-21-13-15-23(16-14-21)18-20(3)8-6-5-7-17-24-22-11-9-19(2)10-12-22/h5-12,20-21H,4,13-18H2,1-3H3/b7-5-,8-6-. The molecule has 1 heterocycles. The van der Waals surface area contributed by atoms with E-state index in [2.05, 4.69) is 74.2 Å². The molecule has 1 fully saturated rings. The Morgan fingerprint density at radius 3 is 2.54 bits per heavy atom. The number of aryl methyl sites for hydroxylation is 1. The number of hydrogen-bond acceptors (Lipinski definition) is 2. The lowest BCUT2D eigenvalue weighted by Gasteiger charge is -2.32. The van der Waals surface area contributed by atoms with Gasteiger partial charge in [0.05, 0.1) is 0 Å². The first-order valence-corrected chi connectivity index (χ1v) is 10.4. The van der Waals surface area contributed by atoms with E-state index in [1.165, 1.54) is 49.4 Å². The SMILES string of the molecule is CCC1CCN(CC(C)/C=C\C=C/CSc2ccc(C)cc2)CC1. The number of hydrogen-bond donors (Lipinski definition) is 0. The molecule has 1 atom stereocenters. The first-order chi connectivity index (χ1) is 11.7. The molecule has 2 heteroatoms. The zero-order chi connectivity index (χ0) is 17.2. The number of likely N-dealkylation sites (tertiary alicyclic amines) is 1. The molecule has 1 unspecified atom stereocenters. The van der Waals surface area contributed by atoms with Crippen molar-refractivity contribution in [1.82, 2.24) is 4.90 Å². The van der Waals surface area contributed by atoms with Crippen LogP contribution in [0.3, 0.4) is 0 Å². The number of piperidine rings is 1. The summed E-state index contributed by atoms with van der Waals surface area (Å²) in [5, 5.41) is 0. The van der Waals surface area contributed by atoms with Gasteiger partial charge in [-0.2, -0.15) is 0 Å². The molecule has 0 amide bonds. The molecular weight excluding hydrogens is 310 g/mol. The predicted molar refractivity (Wildman–Crippen MR) is 109 cm³/mol. The fourth-order valence-corrected chi connectivity index (χ4v) is 3.94. The van der Waals surface area contributed by atoms with Gasteiger partial charge in [-0.25, -0.2) is 0 Å². The van der Waals surface area contributed by atoms with Crippen LogP contribution in [0.15, 0.2) is 53.5 Å². The average molecular weight is 344 g/mol. The molecule has 1 aliphatic rings. The Hall–Kier alpha value is -0.990. The Morgan fingerprint density at radius 1 is 1.17 bits per heavy atom.